The Bertz CT molecular complexity index is 290. The summed E-state index contributed by atoms with van der Waals surface area (Å²) < 4.78 is 15.6. The van der Waals surface area contributed by atoms with E-state index in [0.717, 1.165) is 19.7 Å². The van der Waals surface area contributed by atoms with Crippen LogP contribution in [0.2, 0.25) is 0 Å². The molecule has 6 nitrogen and oxygen atoms in total. The second-order valence-corrected chi connectivity index (χ2v) is 4.39. The van der Waals surface area contributed by atoms with Crippen LogP contribution in [0.4, 0.5) is 0 Å². The van der Waals surface area contributed by atoms with Crippen molar-refractivity contribution in [3.8, 4) is 0 Å². The lowest BCUT2D eigenvalue weighted by atomic mass is 10.5. The van der Waals surface area contributed by atoms with Gasteiger partial charge in [0.05, 0.1) is 26.5 Å². The van der Waals surface area contributed by atoms with Crippen LogP contribution in [0, 0.1) is 0 Å². The van der Waals surface area contributed by atoms with E-state index in [1.54, 1.807) is 0 Å². The van der Waals surface area contributed by atoms with Gasteiger partial charge >= 0.3 is 5.97 Å². The van der Waals surface area contributed by atoms with E-state index in [2.05, 4.69) is 6.92 Å². The molecule has 0 radical (unpaired) electrons. The number of nitrogens with zero attached hydrogens (tertiary/aromatic N) is 2. The van der Waals surface area contributed by atoms with E-state index in [1.165, 1.54) is 0 Å². The number of hydrogen-bond donors (Lipinski definition) is 0. The van der Waals surface area contributed by atoms with Crippen molar-refractivity contribution in [2.45, 2.75) is 13.3 Å². The molecule has 0 spiro atoms. The van der Waals surface area contributed by atoms with E-state index in [-0.39, 0.29) is 29.5 Å². The lowest BCUT2D eigenvalue weighted by Crippen LogP contribution is -2.29. The standard InChI is InChI=1S/C13H24N2O4.BrH/c1-3-6-17-7-8-18-9-10-19-13(16)11-15-5-4-14(2)12-15;/h4-5H,3,6-12H2,1-2H3;1H. The molecule has 1 heterocycles. The van der Waals surface area contributed by atoms with Crippen LogP contribution in [-0.4, -0.2) is 69.1 Å². The Hall–Kier alpha value is -0.790. The van der Waals surface area contributed by atoms with Gasteiger partial charge in [-0.2, -0.15) is 0 Å². The monoisotopic (exact) mass is 352 g/mol. The van der Waals surface area contributed by atoms with Gasteiger partial charge in [0.2, 0.25) is 0 Å². The fourth-order valence-corrected chi connectivity index (χ4v) is 1.58. The second-order valence-electron chi connectivity index (χ2n) is 4.39. The quantitative estimate of drug-likeness (QED) is 0.435. The normalized spacial score (nSPS) is 13.5. The zero-order valence-corrected chi connectivity index (χ0v) is 14.0. The molecule has 0 fully saturated rings. The summed E-state index contributed by atoms with van der Waals surface area (Å²) in [7, 11) is 1.95. The number of carbonyl (C=O) groups excluding carboxylic acids is 1. The molecule has 1 rings (SSSR count). The summed E-state index contributed by atoms with van der Waals surface area (Å²) in [6.45, 7) is 5.66. The molecule has 0 bridgehead atoms. The van der Waals surface area contributed by atoms with E-state index in [0.29, 0.717) is 26.4 Å². The van der Waals surface area contributed by atoms with Gasteiger partial charge in [0.15, 0.2) is 0 Å². The molecule has 0 aromatic heterocycles. The van der Waals surface area contributed by atoms with Crippen molar-refractivity contribution in [2.24, 2.45) is 0 Å². The van der Waals surface area contributed by atoms with Crippen LogP contribution in [0.5, 0.6) is 0 Å². The van der Waals surface area contributed by atoms with Crippen LogP contribution in [0.25, 0.3) is 0 Å². The first-order chi connectivity index (χ1) is 9.22. The summed E-state index contributed by atoms with van der Waals surface area (Å²) in [5.41, 5.74) is 0. The molecule has 20 heavy (non-hydrogen) atoms. The average molecular weight is 353 g/mol. The van der Waals surface area contributed by atoms with Gasteiger partial charge in [0.25, 0.3) is 0 Å². The lowest BCUT2D eigenvalue weighted by molar-refractivity contribution is -0.146. The first kappa shape index (κ1) is 19.2. The molecule has 0 saturated carbocycles. The van der Waals surface area contributed by atoms with Gasteiger partial charge in [0, 0.05) is 26.1 Å². The maximum atomic E-state index is 11.5. The molecule has 0 amide bonds. The Kier molecular flexibility index (Phi) is 11.5. The van der Waals surface area contributed by atoms with Crippen molar-refractivity contribution in [3.63, 3.8) is 0 Å². The van der Waals surface area contributed by atoms with Crippen LogP contribution >= 0.6 is 17.0 Å². The smallest absolute Gasteiger partial charge is 0.325 e. The zero-order valence-electron chi connectivity index (χ0n) is 12.2. The highest BCUT2D eigenvalue weighted by molar-refractivity contribution is 8.93. The molecule has 0 N–H and O–H groups in total. The highest BCUT2D eigenvalue weighted by Gasteiger charge is 2.13. The number of carbonyl (C=O) groups is 1. The third-order valence-electron chi connectivity index (χ3n) is 2.48. The van der Waals surface area contributed by atoms with Gasteiger partial charge in [-0.1, -0.05) is 6.92 Å². The summed E-state index contributed by atoms with van der Waals surface area (Å²) in [6, 6.07) is 0. The van der Waals surface area contributed by atoms with Gasteiger partial charge in [-0.3, -0.25) is 4.79 Å². The number of ether oxygens (including phenoxy) is 3. The summed E-state index contributed by atoms with van der Waals surface area (Å²) in [5, 5.41) is 0. The number of rotatable bonds is 10. The van der Waals surface area contributed by atoms with Crippen LogP contribution in [-0.2, 0) is 19.0 Å². The third kappa shape index (κ3) is 9.17. The largest absolute Gasteiger partial charge is 0.462 e. The first-order valence-electron chi connectivity index (χ1n) is 6.66. The van der Waals surface area contributed by atoms with E-state index < -0.39 is 0 Å². The van der Waals surface area contributed by atoms with Crippen molar-refractivity contribution >= 4 is 23.0 Å². The van der Waals surface area contributed by atoms with Gasteiger partial charge in [-0.25, -0.2) is 0 Å². The average Bonchev–Trinajstić information content (AvgIpc) is 2.78. The van der Waals surface area contributed by atoms with Crippen molar-refractivity contribution in [2.75, 3.05) is 53.3 Å². The minimum atomic E-state index is -0.231. The molecular weight excluding hydrogens is 328 g/mol. The van der Waals surface area contributed by atoms with Crippen LogP contribution < -0.4 is 0 Å². The molecule has 0 aliphatic carbocycles. The number of esters is 1. The summed E-state index contributed by atoms with van der Waals surface area (Å²) in [4.78, 5) is 15.4. The Morgan fingerprint density at radius 2 is 1.75 bits per heavy atom. The van der Waals surface area contributed by atoms with Crippen molar-refractivity contribution in [3.05, 3.63) is 12.4 Å². The lowest BCUT2D eigenvalue weighted by Gasteiger charge is -2.16. The fraction of sp³-hybridized carbons (Fsp3) is 0.769. The fourth-order valence-electron chi connectivity index (χ4n) is 1.58. The van der Waals surface area contributed by atoms with E-state index >= 15 is 0 Å². The second kappa shape index (κ2) is 12.0. The van der Waals surface area contributed by atoms with Gasteiger partial charge in [-0.15, -0.1) is 17.0 Å². The molecule has 0 unspecified atom stereocenters. The van der Waals surface area contributed by atoms with Crippen molar-refractivity contribution < 1.29 is 19.0 Å². The molecule has 0 aromatic carbocycles. The Balaban J connectivity index is 0.00000361. The minimum absolute atomic E-state index is 0. The Morgan fingerprint density at radius 3 is 2.35 bits per heavy atom. The summed E-state index contributed by atoms with van der Waals surface area (Å²) in [5.74, 6) is -0.231. The van der Waals surface area contributed by atoms with Crippen molar-refractivity contribution in [1.82, 2.24) is 9.80 Å². The zero-order chi connectivity index (χ0) is 13.9. The van der Waals surface area contributed by atoms with E-state index in [4.69, 9.17) is 14.2 Å². The van der Waals surface area contributed by atoms with Gasteiger partial charge in [0.1, 0.15) is 13.2 Å². The SMILES string of the molecule is Br.CCCOCCOCCOC(=O)CN1C=CN(C)C1. The topological polar surface area (TPSA) is 51.2 Å². The Morgan fingerprint density at radius 1 is 1.10 bits per heavy atom. The maximum Gasteiger partial charge on any atom is 0.325 e. The molecule has 118 valence electrons. The van der Waals surface area contributed by atoms with E-state index in [9.17, 15) is 4.79 Å². The maximum absolute atomic E-state index is 11.5. The predicted octanol–water partition coefficient (Wildman–Crippen LogP) is 1.23. The third-order valence-corrected chi connectivity index (χ3v) is 2.48. The van der Waals surface area contributed by atoms with Crippen molar-refractivity contribution in [1.29, 1.82) is 0 Å². The Labute approximate surface area is 131 Å². The van der Waals surface area contributed by atoms with Crippen LogP contribution in [0.1, 0.15) is 13.3 Å². The van der Waals surface area contributed by atoms with Gasteiger partial charge < -0.3 is 24.0 Å². The molecule has 0 saturated heterocycles. The highest BCUT2D eigenvalue weighted by Crippen LogP contribution is 2.02. The summed E-state index contributed by atoms with van der Waals surface area (Å²) >= 11 is 0. The molecule has 0 atom stereocenters. The molecular formula is C13H25BrN2O4. The number of halogens is 1. The first-order valence-corrected chi connectivity index (χ1v) is 6.66. The molecule has 1 aliphatic rings. The van der Waals surface area contributed by atoms with Crippen LogP contribution in [0.3, 0.4) is 0 Å². The molecule has 0 aromatic rings. The molecule has 1 aliphatic heterocycles. The minimum Gasteiger partial charge on any atom is -0.462 e. The summed E-state index contributed by atoms with van der Waals surface area (Å²) in [6.07, 6.45) is 4.81. The predicted molar refractivity (Wildman–Crippen MR) is 81.7 cm³/mol. The van der Waals surface area contributed by atoms with Gasteiger partial charge in [-0.05, 0) is 6.42 Å². The highest BCUT2D eigenvalue weighted by atomic mass is 79.9. The molecule has 7 heteroatoms. The van der Waals surface area contributed by atoms with E-state index in [1.807, 2.05) is 29.2 Å². The van der Waals surface area contributed by atoms with Crippen LogP contribution in [0.15, 0.2) is 12.4 Å². The number of hydrogen-bond acceptors (Lipinski definition) is 6.